The van der Waals surface area contributed by atoms with Crippen LogP contribution in [-0.4, -0.2) is 33.4 Å². The minimum atomic E-state index is -1.06. The second kappa shape index (κ2) is 7.65. The fourth-order valence-corrected chi connectivity index (χ4v) is 2.51. The first-order valence-electron chi connectivity index (χ1n) is 8.24. The second-order valence-corrected chi connectivity index (χ2v) is 6.06. The highest BCUT2D eigenvalue weighted by molar-refractivity contribution is 5.99. The molecule has 0 aliphatic rings. The van der Waals surface area contributed by atoms with Gasteiger partial charge in [0.1, 0.15) is 5.69 Å². The molecule has 3 aromatic rings. The van der Waals surface area contributed by atoms with Crippen molar-refractivity contribution in [1.82, 2.24) is 15.6 Å². The van der Waals surface area contributed by atoms with Gasteiger partial charge in [0.2, 0.25) is 0 Å². The maximum absolute atomic E-state index is 12.2. The van der Waals surface area contributed by atoms with Crippen molar-refractivity contribution in [1.29, 1.82) is 0 Å². The molecular weight excluding hydrogens is 344 g/mol. The van der Waals surface area contributed by atoms with Gasteiger partial charge in [-0.1, -0.05) is 30.3 Å². The Balaban J connectivity index is 1.71. The number of H-pyrrole nitrogens is 1. The van der Waals surface area contributed by atoms with E-state index >= 15 is 0 Å². The number of carboxylic acids is 1. The highest BCUT2D eigenvalue weighted by atomic mass is 16.4. The number of aromatic nitrogens is 2. The van der Waals surface area contributed by atoms with Gasteiger partial charge in [0, 0.05) is 11.1 Å². The van der Waals surface area contributed by atoms with Crippen molar-refractivity contribution in [2.24, 2.45) is 5.10 Å². The standard InChI is InChI=1S/C20H18N4O3/c1-12-7-8-14(9-13(12)2)17-10-18(23-22-17)19(25)24-21-11-15-5-3-4-6-16(15)20(26)27/h3-11H,1-2H3,(H,22,23)(H,24,25)(H,26,27)/b21-11-. The predicted octanol–water partition coefficient (Wildman–Crippen LogP) is 3.16. The quantitative estimate of drug-likeness (QED) is 0.478. The van der Waals surface area contributed by atoms with Gasteiger partial charge in [-0.15, -0.1) is 0 Å². The number of hydrogen-bond acceptors (Lipinski definition) is 4. The molecule has 0 bridgehead atoms. The fourth-order valence-electron chi connectivity index (χ4n) is 2.51. The van der Waals surface area contributed by atoms with Crippen LogP contribution in [-0.2, 0) is 0 Å². The number of rotatable bonds is 5. The van der Waals surface area contributed by atoms with Crippen LogP contribution in [0, 0.1) is 13.8 Å². The Morgan fingerprint density at radius 1 is 1.11 bits per heavy atom. The number of aryl methyl sites for hydroxylation is 2. The Kier molecular flexibility index (Phi) is 5.12. The molecular formula is C20H18N4O3. The zero-order valence-corrected chi connectivity index (χ0v) is 14.9. The number of nitrogens with zero attached hydrogens (tertiary/aromatic N) is 2. The normalized spacial score (nSPS) is 10.9. The third-order valence-electron chi connectivity index (χ3n) is 4.19. The summed E-state index contributed by atoms with van der Waals surface area (Å²) in [6, 6.07) is 14.0. The maximum atomic E-state index is 12.2. The van der Waals surface area contributed by atoms with E-state index in [9.17, 15) is 9.59 Å². The molecule has 0 aliphatic heterocycles. The fraction of sp³-hybridized carbons (Fsp3) is 0.100. The zero-order valence-electron chi connectivity index (χ0n) is 14.9. The molecule has 136 valence electrons. The van der Waals surface area contributed by atoms with Gasteiger partial charge in [-0.25, -0.2) is 10.2 Å². The number of benzene rings is 2. The largest absolute Gasteiger partial charge is 0.478 e. The van der Waals surface area contributed by atoms with Crippen molar-refractivity contribution in [3.8, 4) is 11.3 Å². The number of carbonyl (C=O) groups excluding carboxylic acids is 1. The molecule has 1 amide bonds. The predicted molar refractivity (Wildman–Crippen MR) is 102 cm³/mol. The lowest BCUT2D eigenvalue weighted by Crippen LogP contribution is -2.18. The average Bonchev–Trinajstić information content (AvgIpc) is 3.14. The van der Waals surface area contributed by atoms with E-state index in [1.807, 2.05) is 32.0 Å². The molecule has 0 fully saturated rings. The highest BCUT2D eigenvalue weighted by Crippen LogP contribution is 2.20. The molecule has 0 saturated heterocycles. The molecule has 27 heavy (non-hydrogen) atoms. The summed E-state index contributed by atoms with van der Waals surface area (Å²) in [4.78, 5) is 23.4. The molecule has 2 aromatic carbocycles. The summed E-state index contributed by atoms with van der Waals surface area (Å²) >= 11 is 0. The minimum Gasteiger partial charge on any atom is -0.478 e. The lowest BCUT2D eigenvalue weighted by atomic mass is 10.0. The Hall–Kier alpha value is -3.74. The van der Waals surface area contributed by atoms with Gasteiger partial charge in [-0.3, -0.25) is 9.89 Å². The summed E-state index contributed by atoms with van der Waals surface area (Å²) in [5.41, 5.74) is 7.01. The van der Waals surface area contributed by atoms with Crippen LogP contribution in [0.25, 0.3) is 11.3 Å². The second-order valence-electron chi connectivity index (χ2n) is 6.06. The molecule has 0 spiro atoms. The van der Waals surface area contributed by atoms with E-state index < -0.39 is 11.9 Å². The third kappa shape index (κ3) is 4.09. The van der Waals surface area contributed by atoms with Crippen molar-refractivity contribution < 1.29 is 14.7 Å². The van der Waals surface area contributed by atoms with Gasteiger partial charge in [0.15, 0.2) is 0 Å². The minimum absolute atomic E-state index is 0.106. The lowest BCUT2D eigenvalue weighted by molar-refractivity contribution is 0.0696. The molecule has 0 unspecified atom stereocenters. The summed E-state index contributed by atoms with van der Waals surface area (Å²) < 4.78 is 0. The number of carbonyl (C=O) groups is 2. The monoisotopic (exact) mass is 362 g/mol. The van der Waals surface area contributed by atoms with Crippen LogP contribution in [0.2, 0.25) is 0 Å². The van der Waals surface area contributed by atoms with Gasteiger partial charge in [-0.2, -0.15) is 10.2 Å². The summed E-state index contributed by atoms with van der Waals surface area (Å²) in [7, 11) is 0. The van der Waals surface area contributed by atoms with Gasteiger partial charge < -0.3 is 5.11 Å². The Labute approximate surface area is 155 Å². The first kappa shape index (κ1) is 18.1. The number of nitrogens with one attached hydrogen (secondary N) is 2. The van der Waals surface area contributed by atoms with Crippen molar-refractivity contribution in [2.45, 2.75) is 13.8 Å². The summed E-state index contributed by atoms with van der Waals surface area (Å²) in [5, 5.41) is 19.8. The smallest absolute Gasteiger partial charge is 0.336 e. The van der Waals surface area contributed by atoms with Crippen LogP contribution in [0.5, 0.6) is 0 Å². The summed E-state index contributed by atoms with van der Waals surface area (Å²) in [6.07, 6.45) is 1.29. The van der Waals surface area contributed by atoms with Gasteiger partial charge in [0.25, 0.3) is 5.91 Å². The highest BCUT2D eigenvalue weighted by Gasteiger charge is 2.11. The van der Waals surface area contributed by atoms with E-state index in [1.165, 1.54) is 17.8 Å². The Morgan fingerprint density at radius 3 is 2.63 bits per heavy atom. The maximum Gasteiger partial charge on any atom is 0.336 e. The third-order valence-corrected chi connectivity index (χ3v) is 4.19. The number of aromatic amines is 1. The molecule has 7 heteroatoms. The molecule has 7 nitrogen and oxygen atoms in total. The van der Waals surface area contributed by atoms with Crippen LogP contribution < -0.4 is 5.43 Å². The van der Waals surface area contributed by atoms with Crippen molar-refractivity contribution in [2.75, 3.05) is 0 Å². The molecule has 0 atom stereocenters. The molecule has 0 radical (unpaired) electrons. The van der Waals surface area contributed by atoms with Gasteiger partial charge in [-0.05, 0) is 43.2 Å². The van der Waals surface area contributed by atoms with Crippen LogP contribution in [0.4, 0.5) is 0 Å². The Bertz CT molecular complexity index is 1040. The summed E-state index contributed by atoms with van der Waals surface area (Å²) in [5.74, 6) is -1.53. The Morgan fingerprint density at radius 2 is 1.89 bits per heavy atom. The van der Waals surface area contributed by atoms with E-state index in [2.05, 4.69) is 20.7 Å². The SMILES string of the molecule is Cc1ccc(-c2cc(C(=O)N/N=C\c3ccccc3C(=O)O)[nH]n2)cc1C. The molecule has 3 rings (SSSR count). The number of hydrazone groups is 1. The molecule has 0 aliphatic carbocycles. The lowest BCUT2D eigenvalue weighted by Gasteiger charge is -2.01. The van der Waals surface area contributed by atoms with E-state index in [-0.39, 0.29) is 11.3 Å². The van der Waals surface area contributed by atoms with Crippen LogP contribution in [0.15, 0.2) is 53.6 Å². The van der Waals surface area contributed by atoms with Crippen molar-refractivity contribution >= 4 is 18.1 Å². The van der Waals surface area contributed by atoms with Crippen LogP contribution >= 0.6 is 0 Å². The average molecular weight is 362 g/mol. The van der Waals surface area contributed by atoms with Crippen LogP contribution in [0.3, 0.4) is 0 Å². The van der Waals surface area contributed by atoms with Gasteiger partial charge in [0.05, 0.1) is 17.5 Å². The zero-order chi connectivity index (χ0) is 19.4. The molecule has 1 heterocycles. The van der Waals surface area contributed by atoms with Crippen molar-refractivity contribution in [3.05, 3.63) is 76.5 Å². The van der Waals surface area contributed by atoms with E-state index in [4.69, 9.17) is 5.11 Å². The number of amides is 1. The number of carboxylic acid groups (broad SMARTS) is 1. The first-order valence-corrected chi connectivity index (χ1v) is 8.24. The molecule has 1 aromatic heterocycles. The number of aromatic carboxylic acids is 1. The first-order chi connectivity index (χ1) is 13.0. The molecule has 0 saturated carbocycles. The van der Waals surface area contributed by atoms with E-state index in [1.54, 1.807) is 24.3 Å². The summed E-state index contributed by atoms with van der Waals surface area (Å²) in [6.45, 7) is 4.05. The molecule has 3 N–H and O–H groups in total. The van der Waals surface area contributed by atoms with Crippen molar-refractivity contribution in [3.63, 3.8) is 0 Å². The van der Waals surface area contributed by atoms with E-state index in [0.29, 0.717) is 11.3 Å². The van der Waals surface area contributed by atoms with Gasteiger partial charge >= 0.3 is 5.97 Å². The van der Waals surface area contributed by atoms with Crippen LogP contribution in [0.1, 0.15) is 37.5 Å². The van der Waals surface area contributed by atoms with E-state index in [0.717, 1.165) is 11.1 Å². The topological polar surface area (TPSA) is 107 Å². The number of hydrogen-bond donors (Lipinski definition) is 3.